The number of hydrogen-bond donors (Lipinski definition) is 2. The number of aromatic nitrogens is 1. The van der Waals surface area contributed by atoms with E-state index in [1.807, 2.05) is 29.2 Å². The lowest BCUT2D eigenvalue weighted by Crippen LogP contribution is -2.51. The molecule has 0 aliphatic carbocycles. The van der Waals surface area contributed by atoms with Gasteiger partial charge in [-0.05, 0) is 61.4 Å². The Labute approximate surface area is 172 Å². The Kier molecular flexibility index (Phi) is 4.16. The highest BCUT2D eigenvalue weighted by Gasteiger charge is 2.42. The number of carbonyl (C=O) groups excluding carboxylic acids is 1. The summed E-state index contributed by atoms with van der Waals surface area (Å²) >= 11 is 3.42. The molecule has 2 amide bonds. The molecule has 2 N–H and O–H groups in total. The van der Waals surface area contributed by atoms with Gasteiger partial charge in [-0.15, -0.1) is 0 Å². The largest absolute Gasteiger partial charge is 0.372 e. The molecule has 0 unspecified atom stereocenters. The van der Waals surface area contributed by atoms with Crippen molar-refractivity contribution in [1.82, 2.24) is 9.47 Å². The number of carbonyl (C=O) groups is 1. The Morgan fingerprint density at radius 2 is 1.75 bits per heavy atom. The number of urea groups is 1. The Bertz CT molecular complexity index is 1020. The Morgan fingerprint density at radius 1 is 1.00 bits per heavy atom. The summed E-state index contributed by atoms with van der Waals surface area (Å²) in [5.74, 6) is 0. The van der Waals surface area contributed by atoms with Gasteiger partial charge in [-0.25, -0.2) is 4.79 Å². The molecule has 2 aliphatic rings. The summed E-state index contributed by atoms with van der Waals surface area (Å²) in [6.07, 6.45) is 3.88. The number of nitrogens with one attached hydrogen (secondary N) is 2. The summed E-state index contributed by atoms with van der Waals surface area (Å²) in [4.78, 5) is 14.6. The van der Waals surface area contributed by atoms with Gasteiger partial charge in [-0.3, -0.25) is 0 Å². The first kappa shape index (κ1) is 17.4. The topological polar surface area (TPSA) is 49.3 Å². The average Bonchev–Trinajstić information content (AvgIpc) is 3.22. The molecule has 5 nitrogen and oxygen atoms in total. The first-order chi connectivity index (χ1) is 13.6. The molecule has 0 atom stereocenters. The molecule has 3 heterocycles. The third-order valence-corrected chi connectivity index (χ3v) is 6.30. The fourth-order valence-electron chi connectivity index (χ4n) is 4.30. The van der Waals surface area contributed by atoms with Crippen LogP contribution in [0.15, 0.2) is 71.3 Å². The van der Waals surface area contributed by atoms with Crippen LogP contribution in [0.1, 0.15) is 18.5 Å². The van der Waals surface area contributed by atoms with E-state index in [0.29, 0.717) is 13.1 Å². The summed E-state index contributed by atoms with van der Waals surface area (Å²) in [7, 11) is 0. The lowest BCUT2D eigenvalue weighted by molar-refractivity contribution is 0.174. The summed E-state index contributed by atoms with van der Waals surface area (Å²) < 4.78 is 3.28. The molecule has 6 heteroatoms. The highest BCUT2D eigenvalue weighted by molar-refractivity contribution is 9.10. The normalized spacial score (nSPS) is 16.8. The standard InChI is InChI=1S/C22H21BrN4O/c23-16-7-9-17(10-8-16)24-21(28)26-14-11-22(12-15-26)20-6-3-13-27(20)19-5-2-1-4-18(19)25-22/h1-10,13,25H,11-12,14-15H2,(H,24,28). The number of halogens is 1. The molecule has 0 saturated carbocycles. The second kappa shape index (κ2) is 6.71. The zero-order chi connectivity index (χ0) is 19.1. The first-order valence-electron chi connectivity index (χ1n) is 9.52. The molecular weight excluding hydrogens is 416 g/mol. The van der Waals surface area contributed by atoms with Crippen LogP contribution in [0.5, 0.6) is 0 Å². The van der Waals surface area contributed by atoms with Crippen molar-refractivity contribution in [2.24, 2.45) is 0 Å². The van der Waals surface area contributed by atoms with Crippen molar-refractivity contribution in [2.45, 2.75) is 18.4 Å². The van der Waals surface area contributed by atoms with Crippen molar-refractivity contribution < 1.29 is 4.79 Å². The van der Waals surface area contributed by atoms with Crippen molar-refractivity contribution in [3.8, 4) is 5.69 Å². The summed E-state index contributed by atoms with van der Waals surface area (Å²) in [6.45, 7) is 1.42. The monoisotopic (exact) mass is 436 g/mol. The second-order valence-electron chi connectivity index (χ2n) is 7.41. The van der Waals surface area contributed by atoms with Crippen molar-refractivity contribution in [1.29, 1.82) is 0 Å². The van der Waals surface area contributed by atoms with E-state index in [1.165, 1.54) is 11.4 Å². The van der Waals surface area contributed by atoms with Crippen LogP contribution in [0.4, 0.5) is 16.2 Å². The number of hydrogen-bond acceptors (Lipinski definition) is 2. The molecule has 1 saturated heterocycles. The number of anilines is 2. The zero-order valence-corrected chi connectivity index (χ0v) is 16.9. The number of para-hydroxylation sites is 2. The molecule has 3 aromatic rings. The number of rotatable bonds is 1. The number of piperidine rings is 1. The highest BCUT2D eigenvalue weighted by Crippen LogP contribution is 2.43. The van der Waals surface area contributed by atoms with Crippen LogP contribution in [-0.4, -0.2) is 28.6 Å². The van der Waals surface area contributed by atoms with Crippen LogP contribution in [-0.2, 0) is 5.54 Å². The van der Waals surface area contributed by atoms with Crippen molar-refractivity contribution in [3.05, 3.63) is 77.0 Å². The van der Waals surface area contributed by atoms with Gasteiger partial charge in [0.05, 0.1) is 16.9 Å². The minimum absolute atomic E-state index is 0.0382. The molecule has 1 aromatic heterocycles. The maximum Gasteiger partial charge on any atom is 0.321 e. The average molecular weight is 437 g/mol. The van der Waals surface area contributed by atoms with Crippen molar-refractivity contribution >= 4 is 33.3 Å². The fourth-order valence-corrected chi connectivity index (χ4v) is 4.56. The van der Waals surface area contributed by atoms with Gasteiger partial charge < -0.3 is 20.1 Å². The number of likely N-dealkylation sites (tertiary alicyclic amines) is 1. The minimum Gasteiger partial charge on any atom is -0.372 e. The van der Waals surface area contributed by atoms with E-state index in [0.717, 1.165) is 28.7 Å². The Hall–Kier alpha value is -2.73. The predicted molar refractivity (Wildman–Crippen MR) is 115 cm³/mol. The SMILES string of the molecule is O=C(Nc1ccc(Br)cc1)N1CCC2(CC1)Nc1ccccc1-n1cccc12. The van der Waals surface area contributed by atoms with E-state index >= 15 is 0 Å². The molecule has 28 heavy (non-hydrogen) atoms. The van der Waals surface area contributed by atoms with E-state index in [2.05, 4.69) is 73.7 Å². The summed E-state index contributed by atoms with van der Waals surface area (Å²) in [5, 5.41) is 6.79. The van der Waals surface area contributed by atoms with Gasteiger partial charge in [0, 0.05) is 35.1 Å². The van der Waals surface area contributed by atoms with Gasteiger partial charge in [-0.1, -0.05) is 28.1 Å². The van der Waals surface area contributed by atoms with E-state index in [4.69, 9.17) is 0 Å². The van der Waals surface area contributed by atoms with Crippen molar-refractivity contribution in [2.75, 3.05) is 23.7 Å². The molecule has 2 aromatic carbocycles. The van der Waals surface area contributed by atoms with Gasteiger partial charge >= 0.3 is 6.03 Å². The molecule has 2 aliphatic heterocycles. The van der Waals surface area contributed by atoms with Crippen LogP contribution in [0.2, 0.25) is 0 Å². The first-order valence-corrected chi connectivity index (χ1v) is 10.3. The van der Waals surface area contributed by atoms with Gasteiger partial charge in [0.2, 0.25) is 0 Å². The van der Waals surface area contributed by atoms with E-state index in [1.54, 1.807) is 0 Å². The molecular formula is C22H21BrN4O. The van der Waals surface area contributed by atoms with Crippen molar-refractivity contribution in [3.63, 3.8) is 0 Å². The molecule has 5 rings (SSSR count). The molecule has 0 radical (unpaired) electrons. The third kappa shape index (κ3) is 2.88. The minimum atomic E-state index is -0.133. The summed E-state index contributed by atoms with van der Waals surface area (Å²) in [5.41, 5.74) is 4.29. The highest BCUT2D eigenvalue weighted by atomic mass is 79.9. The quantitative estimate of drug-likeness (QED) is 0.551. The molecule has 1 spiro atoms. The van der Waals surface area contributed by atoms with Gasteiger partial charge in [0.15, 0.2) is 0 Å². The molecule has 1 fully saturated rings. The van der Waals surface area contributed by atoms with Crippen LogP contribution in [0, 0.1) is 0 Å². The number of nitrogens with zero attached hydrogens (tertiary/aromatic N) is 2. The number of benzene rings is 2. The summed E-state index contributed by atoms with van der Waals surface area (Å²) in [6, 6.07) is 20.3. The van der Waals surface area contributed by atoms with Crippen LogP contribution >= 0.6 is 15.9 Å². The lowest BCUT2D eigenvalue weighted by Gasteiger charge is -2.46. The maximum atomic E-state index is 12.7. The second-order valence-corrected chi connectivity index (χ2v) is 8.33. The lowest BCUT2D eigenvalue weighted by atomic mass is 9.82. The molecule has 142 valence electrons. The van der Waals surface area contributed by atoms with Crippen LogP contribution < -0.4 is 10.6 Å². The molecule has 0 bridgehead atoms. The third-order valence-electron chi connectivity index (χ3n) is 5.78. The van der Waals surface area contributed by atoms with Crippen LogP contribution in [0.3, 0.4) is 0 Å². The van der Waals surface area contributed by atoms with Gasteiger partial charge in [-0.2, -0.15) is 0 Å². The number of fused-ring (bicyclic) bond motifs is 4. The van der Waals surface area contributed by atoms with E-state index in [9.17, 15) is 4.79 Å². The van der Waals surface area contributed by atoms with E-state index < -0.39 is 0 Å². The number of amides is 2. The van der Waals surface area contributed by atoms with Gasteiger partial charge in [0.25, 0.3) is 0 Å². The maximum absolute atomic E-state index is 12.7. The zero-order valence-electron chi connectivity index (χ0n) is 15.4. The van der Waals surface area contributed by atoms with Gasteiger partial charge in [0.1, 0.15) is 0 Å². The Balaban J connectivity index is 1.33. The Morgan fingerprint density at radius 3 is 2.54 bits per heavy atom. The van der Waals surface area contributed by atoms with Crippen LogP contribution in [0.25, 0.3) is 5.69 Å². The fraction of sp³-hybridized carbons (Fsp3) is 0.227. The van der Waals surface area contributed by atoms with E-state index in [-0.39, 0.29) is 11.6 Å². The smallest absolute Gasteiger partial charge is 0.321 e. The predicted octanol–water partition coefficient (Wildman–Crippen LogP) is 5.19.